The van der Waals surface area contributed by atoms with Gasteiger partial charge in [-0.3, -0.25) is 0 Å². The Hall–Kier alpha value is -1.69. The lowest BCUT2D eigenvalue weighted by atomic mass is 9.87. The van der Waals surface area contributed by atoms with Crippen molar-refractivity contribution in [3.05, 3.63) is 23.8 Å². The van der Waals surface area contributed by atoms with E-state index in [4.69, 9.17) is 10.00 Å². The van der Waals surface area contributed by atoms with Crippen molar-refractivity contribution in [1.29, 1.82) is 5.26 Å². The molecular weight excluding hydrogens is 236 g/mol. The predicted octanol–water partition coefficient (Wildman–Crippen LogP) is 3.71. The van der Waals surface area contributed by atoms with Gasteiger partial charge in [-0.2, -0.15) is 5.26 Å². The second-order valence-electron chi connectivity index (χ2n) is 6.41. The van der Waals surface area contributed by atoms with Crippen LogP contribution >= 0.6 is 0 Å². The van der Waals surface area contributed by atoms with E-state index in [-0.39, 0.29) is 10.8 Å². The first-order chi connectivity index (χ1) is 8.90. The van der Waals surface area contributed by atoms with Gasteiger partial charge in [0.1, 0.15) is 5.75 Å². The van der Waals surface area contributed by atoms with Gasteiger partial charge >= 0.3 is 0 Å². The first kappa shape index (κ1) is 13.7. The second kappa shape index (κ2) is 4.77. The summed E-state index contributed by atoms with van der Waals surface area (Å²) in [5, 5.41) is 12.5. The monoisotopic (exact) mass is 258 g/mol. The molecule has 0 aliphatic heterocycles. The molecule has 2 rings (SSSR count). The number of benzene rings is 1. The Morgan fingerprint density at radius 2 is 2.05 bits per heavy atom. The average Bonchev–Trinajstić information content (AvgIpc) is 3.15. The highest BCUT2D eigenvalue weighted by atomic mass is 16.5. The van der Waals surface area contributed by atoms with Gasteiger partial charge in [-0.05, 0) is 36.0 Å². The zero-order valence-electron chi connectivity index (χ0n) is 12.2. The molecule has 1 aliphatic rings. The number of hydrogen-bond donors (Lipinski definition) is 1. The van der Waals surface area contributed by atoms with Gasteiger partial charge in [0, 0.05) is 6.54 Å². The van der Waals surface area contributed by atoms with E-state index in [0.717, 1.165) is 24.3 Å². The van der Waals surface area contributed by atoms with Gasteiger partial charge in [0.05, 0.1) is 24.3 Å². The third-order valence-corrected chi connectivity index (χ3v) is 3.77. The molecule has 0 amide bonds. The van der Waals surface area contributed by atoms with Crippen LogP contribution in [0, 0.1) is 16.7 Å². The minimum absolute atomic E-state index is 0.106. The number of methoxy groups -OCH3 is 1. The van der Waals surface area contributed by atoms with Gasteiger partial charge in [0.15, 0.2) is 0 Å². The molecule has 0 radical (unpaired) electrons. The van der Waals surface area contributed by atoms with Gasteiger partial charge < -0.3 is 10.1 Å². The van der Waals surface area contributed by atoms with Crippen LogP contribution < -0.4 is 10.1 Å². The lowest BCUT2D eigenvalue weighted by Gasteiger charge is -2.22. The molecule has 19 heavy (non-hydrogen) atoms. The molecule has 0 atom stereocenters. The summed E-state index contributed by atoms with van der Waals surface area (Å²) in [6.45, 7) is 7.27. The summed E-state index contributed by atoms with van der Waals surface area (Å²) >= 11 is 0. The third kappa shape index (κ3) is 3.01. The maximum atomic E-state index is 9.12. The molecule has 1 fully saturated rings. The predicted molar refractivity (Wildman–Crippen MR) is 77.5 cm³/mol. The van der Waals surface area contributed by atoms with Crippen molar-refractivity contribution >= 4 is 5.69 Å². The van der Waals surface area contributed by atoms with Crippen LogP contribution in [-0.2, 0) is 5.41 Å². The van der Waals surface area contributed by atoms with Crippen molar-refractivity contribution < 1.29 is 4.74 Å². The van der Waals surface area contributed by atoms with Crippen molar-refractivity contribution in [2.75, 3.05) is 19.0 Å². The van der Waals surface area contributed by atoms with Crippen LogP contribution in [0.25, 0.3) is 0 Å². The van der Waals surface area contributed by atoms with Crippen LogP contribution in [0.4, 0.5) is 5.69 Å². The largest absolute Gasteiger partial charge is 0.495 e. The van der Waals surface area contributed by atoms with Crippen LogP contribution in [0.2, 0.25) is 0 Å². The summed E-state index contributed by atoms with van der Waals surface area (Å²) < 4.78 is 5.39. The van der Waals surface area contributed by atoms with E-state index in [1.807, 2.05) is 6.07 Å². The van der Waals surface area contributed by atoms with Crippen molar-refractivity contribution in [3.63, 3.8) is 0 Å². The van der Waals surface area contributed by atoms with E-state index < -0.39 is 0 Å². The Kier molecular flexibility index (Phi) is 3.45. The van der Waals surface area contributed by atoms with Gasteiger partial charge in [-0.1, -0.05) is 26.8 Å². The van der Waals surface area contributed by atoms with Crippen LogP contribution in [0.5, 0.6) is 5.75 Å². The third-order valence-electron chi connectivity index (χ3n) is 3.77. The first-order valence-corrected chi connectivity index (χ1v) is 6.74. The molecule has 0 unspecified atom stereocenters. The first-order valence-electron chi connectivity index (χ1n) is 6.74. The molecule has 1 saturated carbocycles. The highest BCUT2D eigenvalue weighted by molar-refractivity contribution is 5.59. The van der Waals surface area contributed by atoms with Gasteiger partial charge in [0.25, 0.3) is 0 Å². The van der Waals surface area contributed by atoms with Crippen LogP contribution in [0.1, 0.15) is 39.2 Å². The molecule has 0 aromatic heterocycles. The molecular formula is C16H22N2O. The summed E-state index contributed by atoms with van der Waals surface area (Å²) in [5.41, 5.74) is 2.20. The topological polar surface area (TPSA) is 45.0 Å². The van der Waals surface area contributed by atoms with E-state index >= 15 is 0 Å². The zero-order chi connectivity index (χ0) is 14.1. The van der Waals surface area contributed by atoms with E-state index in [0.29, 0.717) is 6.54 Å². The standard InChI is InChI=1S/C16H22N2O/c1-15(2,3)12-5-6-14(19-4)13(9-12)18-11-16(10-17)7-8-16/h5-6,9,18H,7-8,11H2,1-4H3. The molecule has 0 spiro atoms. The SMILES string of the molecule is COc1ccc(C(C)(C)C)cc1NCC1(C#N)CC1. The lowest BCUT2D eigenvalue weighted by Crippen LogP contribution is -2.16. The number of ether oxygens (including phenoxy) is 1. The Bertz CT molecular complexity index is 504. The summed E-state index contributed by atoms with van der Waals surface area (Å²) in [6.07, 6.45) is 2.00. The Morgan fingerprint density at radius 3 is 2.53 bits per heavy atom. The minimum Gasteiger partial charge on any atom is -0.495 e. The van der Waals surface area contributed by atoms with E-state index in [9.17, 15) is 0 Å². The molecule has 1 aromatic rings. The lowest BCUT2D eigenvalue weighted by molar-refractivity contribution is 0.415. The molecule has 0 heterocycles. The smallest absolute Gasteiger partial charge is 0.141 e. The molecule has 102 valence electrons. The highest BCUT2D eigenvalue weighted by Gasteiger charge is 2.43. The summed E-state index contributed by atoms with van der Waals surface area (Å²) in [7, 11) is 1.68. The Balaban J connectivity index is 2.20. The van der Waals surface area contributed by atoms with Crippen molar-refractivity contribution in [2.24, 2.45) is 5.41 Å². The molecule has 0 bridgehead atoms. The van der Waals surface area contributed by atoms with Crippen molar-refractivity contribution in [2.45, 2.75) is 39.0 Å². The quantitative estimate of drug-likeness (QED) is 0.895. The molecule has 3 nitrogen and oxygen atoms in total. The van der Waals surface area contributed by atoms with E-state index in [2.05, 4.69) is 44.3 Å². The number of nitriles is 1. The maximum Gasteiger partial charge on any atom is 0.141 e. The number of hydrogen-bond acceptors (Lipinski definition) is 3. The van der Waals surface area contributed by atoms with Crippen LogP contribution in [0.15, 0.2) is 18.2 Å². The fourth-order valence-corrected chi connectivity index (χ4v) is 2.06. The molecule has 1 aromatic carbocycles. The summed E-state index contributed by atoms with van der Waals surface area (Å²) in [6, 6.07) is 8.63. The highest BCUT2D eigenvalue weighted by Crippen LogP contribution is 2.45. The van der Waals surface area contributed by atoms with Crippen LogP contribution in [-0.4, -0.2) is 13.7 Å². The Morgan fingerprint density at radius 1 is 1.37 bits per heavy atom. The van der Waals surface area contributed by atoms with Gasteiger partial charge in [-0.25, -0.2) is 0 Å². The van der Waals surface area contributed by atoms with E-state index in [1.165, 1.54) is 5.56 Å². The maximum absolute atomic E-state index is 9.12. The number of anilines is 1. The van der Waals surface area contributed by atoms with Crippen molar-refractivity contribution in [1.82, 2.24) is 0 Å². The zero-order valence-corrected chi connectivity index (χ0v) is 12.2. The fourth-order valence-electron chi connectivity index (χ4n) is 2.06. The number of rotatable bonds is 4. The summed E-state index contributed by atoms with van der Waals surface area (Å²) in [4.78, 5) is 0. The number of nitrogens with one attached hydrogen (secondary N) is 1. The molecule has 3 heteroatoms. The molecule has 1 N–H and O–H groups in total. The normalized spacial score (nSPS) is 16.6. The Labute approximate surface area is 115 Å². The van der Waals surface area contributed by atoms with Crippen molar-refractivity contribution in [3.8, 4) is 11.8 Å². The summed E-state index contributed by atoms with van der Waals surface area (Å²) in [5.74, 6) is 0.835. The molecule has 1 aliphatic carbocycles. The van der Waals surface area contributed by atoms with Crippen LogP contribution in [0.3, 0.4) is 0 Å². The average molecular weight is 258 g/mol. The molecule has 0 saturated heterocycles. The van der Waals surface area contributed by atoms with Gasteiger partial charge in [-0.15, -0.1) is 0 Å². The fraction of sp³-hybridized carbons (Fsp3) is 0.562. The van der Waals surface area contributed by atoms with E-state index in [1.54, 1.807) is 7.11 Å². The van der Waals surface area contributed by atoms with Gasteiger partial charge in [0.2, 0.25) is 0 Å². The number of nitrogens with zero attached hydrogens (tertiary/aromatic N) is 1. The minimum atomic E-state index is -0.150. The second-order valence-corrected chi connectivity index (χ2v) is 6.41.